The molecule has 0 amide bonds. The molecule has 1 aliphatic heterocycles. The zero-order valence-electron chi connectivity index (χ0n) is 14.2. The Morgan fingerprint density at radius 3 is 2.85 bits per heavy atom. The van der Waals surface area contributed by atoms with Gasteiger partial charge in [0, 0.05) is 35.4 Å². The van der Waals surface area contributed by atoms with Crippen molar-refractivity contribution in [2.24, 2.45) is 0 Å². The Labute approximate surface area is 161 Å². The highest BCUT2D eigenvalue weighted by Gasteiger charge is 2.32. The van der Waals surface area contributed by atoms with Crippen molar-refractivity contribution < 1.29 is 9.53 Å². The molecule has 1 atom stereocenters. The molecule has 2 aromatic carbocycles. The molecule has 0 bridgehead atoms. The van der Waals surface area contributed by atoms with Gasteiger partial charge in [0.1, 0.15) is 6.04 Å². The lowest BCUT2D eigenvalue weighted by Gasteiger charge is -2.26. The second-order valence-electron chi connectivity index (χ2n) is 6.27. The molecule has 5 nitrogen and oxygen atoms in total. The van der Waals surface area contributed by atoms with Crippen molar-refractivity contribution in [3.63, 3.8) is 0 Å². The van der Waals surface area contributed by atoms with Gasteiger partial charge in [0.25, 0.3) is 0 Å². The number of rotatable bonds is 3. The Balaban J connectivity index is 1.93. The molecule has 1 saturated heterocycles. The highest BCUT2D eigenvalue weighted by molar-refractivity contribution is 6.45. The predicted octanol–water partition coefficient (Wildman–Crippen LogP) is 4.47. The number of fused-ring (bicyclic) bond motifs is 1. The van der Waals surface area contributed by atoms with Crippen molar-refractivity contribution in [1.82, 2.24) is 9.55 Å². The minimum atomic E-state index is -0.286. The van der Waals surface area contributed by atoms with Crippen LogP contribution in [0.4, 0.5) is 5.69 Å². The van der Waals surface area contributed by atoms with Gasteiger partial charge in [0.05, 0.1) is 29.2 Å². The van der Waals surface area contributed by atoms with Crippen LogP contribution in [-0.2, 0) is 9.53 Å². The summed E-state index contributed by atoms with van der Waals surface area (Å²) < 4.78 is 6.91. The monoisotopic (exact) mass is 389 g/mol. The Morgan fingerprint density at radius 2 is 2.12 bits per heavy atom. The van der Waals surface area contributed by atoms with E-state index in [1.807, 2.05) is 22.9 Å². The van der Waals surface area contributed by atoms with E-state index in [0.717, 1.165) is 41.5 Å². The van der Waals surface area contributed by atoms with Crippen molar-refractivity contribution in [2.45, 2.75) is 18.9 Å². The lowest BCUT2D eigenvalue weighted by molar-refractivity contribution is -0.141. The van der Waals surface area contributed by atoms with Crippen LogP contribution >= 0.6 is 23.2 Å². The van der Waals surface area contributed by atoms with Crippen LogP contribution in [0.3, 0.4) is 0 Å². The quantitative estimate of drug-likeness (QED) is 0.619. The van der Waals surface area contributed by atoms with Crippen molar-refractivity contribution in [3.8, 4) is 5.69 Å². The molecule has 0 radical (unpaired) electrons. The van der Waals surface area contributed by atoms with Gasteiger partial charge in [0.15, 0.2) is 0 Å². The molecule has 4 rings (SSSR count). The first-order chi connectivity index (χ1) is 12.6. The highest BCUT2D eigenvalue weighted by Crippen LogP contribution is 2.38. The van der Waals surface area contributed by atoms with Gasteiger partial charge in [-0.1, -0.05) is 29.3 Å². The first-order valence-electron chi connectivity index (χ1n) is 8.34. The van der Waals surface area contributed by atoms with Crippen molar-refractivity contribution in [2.75, 3.05) is 18.6 Å². The number of imidazole rings is 1. The SMILES string of the molecule is COC(=O)[C@@H]1CCCN1c1cc(-n2ccnc2)c2ccc(Cl)c(Cl)c2c1. The van der Waals surface area contributed by atoms with Crippen molar-refractivity contribution in [3.05, 3.63) is 53.0 Å². The topological polar surface area (TPSA) is 47.4 Å². The number of hydrogen-bond donors (Lipinski definition) is 0. The molecular weight excluding hydrogens is 373 g/mol. The molecule has 1 aromatic heterocycles. The van der Waals surface area contributed by atoms with E-state index in [-0.39, 0.29) is 12.0 Å². The van der Waals surface area contributed by atoms with Crippen LogP contribution in [0, 0.1) is 0 Å². The van der Waals surface area contributed by atoms with Crippen LogP contribution in [0.15, 0.2) is 43.0 Å². The number of anilines is 1. The van der Waals surface area contributed by atoms with Gasteiger partial charge in [0.2, 0.25) is 0 Å². The maximum Gasteiger partial charge on any atom is 0.328 e. The van der Waals surface area contributed by atoms with Crippen LogP contribution in [0.5, 0.6) is 0 Å². The maximum atomic E-state index is 12.2. The van der Waals surface area contributed by atoms with E-state index in [2.05, 4.69) is 16.0 Å². The number of nitrogens with zero attached hydrogens (tertiary/aromatic N) is 3. The summed E-state index contributed by atoms with van der Waals surface area (Å²) in [6.45, 7) is 0.785. The van der Waals surface area contributed by atoms with Crippen molar-refractivity contribution >= 4 is 45.6 Å². The summed E-state index contributed by atoms with van der Waals surface area (Å²) in [5, 5.41) is 2.81. The van der Waals surface area contributed by atoms with Crippen LogP contribution in [0.1, 0.15) is 12.8 Å². The van der Waals surface area contributed by atoms with E-state index in [0.29, 0.717) is 10.0 Å². The lowest BCUT2D eigenvalue weighted by Crippen LogP contribution is -2.36. The molecule has 3 aromatic rings. The van der Waals surface area contributed by atoms with E-state index in [9.17, 15) is 4.79 Å². The first kappa shape index (κ1) is 17.2. The lowest BCUT2D eigenvalue weighted by atomic mass is 10.1. The fourth-order valence-corrected chi connectivity index (χ4v) is 3.96. The zero-order valence-corrected chi connectivity index (χ0v) is 15.7. The summed E-state index contributed by atoms with van der Waals surface area (Å²) in [5.41, 5.74) is 1.85. The number of ether oxygens (including phenoxy) is 1. The average molecular weight is 390 g/mol. The fourth-order valence-electron chi connectivity index (χ4n) is 3.58. The third-order valence-electron chi connectivity index (χ3n) is 4.83. The highest BCUT2D eigenvalue weighted by atomic mass is 35.5. The van der Waals surface area contributed by atoms with Gasteiger partial charge in [-0.15, -0.1) is 0 Å². The Kier molecular flexibility index (Phi) is 4.51. The summed E-state index contributed by atoms with van der Waals surface area (Å²) in [6, 6.07) is 7.50. The minimum Gasteiger partial charge on any atom is -0.467 e. The van der Waals surface area contributed by atoms with Gasteiger partial charge >= 0.3 is 5.97 Å². The van der Waals surface area contributed by atoms with Gasteiger partial charge in [-0.05, 0) is 31.0 Å². The van der Waals surface area contributed by atoms with Gasteiger partial charge in [-0.2, -0.15) is 0 Å². The number of methoxy groups -OCH3 is 1. The number of aromatic nitrogens is 2. The largest absolute Gasteiger partial charge is 0.467 e. The number of carbonyl (C=O) groups is 1. The second-order valence-corrected chi connectivity index (χ2v) is 7.05. The fraction of sp³-hybridized carbons (Fsp3) is 0.263. The van der Waals surface area contributed by atoms with E-state index in [1.165, 1.54) is 7.11 Å². The molecule has 26 heavy (non-hydrogen) atoms. The summed E-state index contributed by atoms with van der Waals surface area (Å²) in [6.07, 6.45) is 7.05. The van der Waals surface area contributed by atoms with Crippen molar-refractivity contribution in [1.29, 1.82) is 0 Å². The van der Waals surface area contributed by atoms with Crippen LogP contribution in [0.2, 0.25) is 10.0 Å². The minimum absolute atomic E-state index is 0.219. The number of esters is 1. The molecule has 1 aliphatic rings. The predicted molar refractivity (Wildman–Crippen MR) is 103 cm³/mol. The molecule has 0 unspecified atom stereocenters. The molecule has 7 heteroatoms. The first-order valence-corrected chi connectivity index (χ1v) is 9.10. The molecule has 0 spiro atoms. The number of carbonyl (C=O) groups excluding carboxylic acids is 1. The van der Waals surface area contributed by atoms with Crippen LogP contribution in [-0.4, -0.2) is 35.2 Å². The van der Waals surface area contributed by atoms with Gasteiger partial charge < -0.3 is 14.2 Å². The third kappa shape index (κ3) is 2.81. The molecular formula is C19H17Cl2N3O2. The van der Waals surface area contributed by atoms with Gasteiger partial charge in [-0.3, -0.25) is 0 Å². The third-order valence-corrected chi connectivity index (χ3v) is 5.64. The van der Waals surface area contributed by atoms with E-state index in [1.54, 1.807) is 18.6 Å². The van der Waals surface area contributed by atoms with E-state index >= 15 is 0 Å². The Morgan fingerprint density at radius 1 is 1.27 bits per heavy atom. The standard InChI is InChI=1S/C19H17Cl2N3O2/c1-26-19(25)16-3-2-7-24(16)12-9-14-13(4-5-15(20)18(14)21)17(10-12)23-8-6-22-11-23/h4-6,8-11,16H,2-3,7H2,1H3/t16-/m0/s1. The average Bonchev–Trinajstić information content (AvgIpc) is 3.35. The number of halogens is 2. The molecule has 0 N–H and O–H groups in total. The van der Waals surface area contributed by atoms with Crippen LogP contribution < -0.4 is 4.90 Å². The Hall–Kier alpha value is -2.24. The number of hydrogen-bond acceptors (Lipinski definition) is 4. The summed E-state index contributed by atoms with van der Waals surface area (Å²) >= 11 is 12.7. The summed E-state index contributed by atoms with van der Waals surface area (Å²) in [7, 11) is 1.42. The van der Waals surface area contributed by atoms with Crippen LogP contribution in [0.25, 0.3) is 16.5 Å². The van der Waals surface area contributed by atoms with E-state index < -0.39 is 0 Å². The van der Waals surface area contributed by atoms with Gasteiger partial charge in [-0.25, -0.2) is 9.78 Å². The zero-order chi connectivity index (χ0) is 18.3. The second kappa shape index (κ2) is 6.82. The molecule has 134 valence electrons. The summed E-state index contributed by atoms with van der Waals surface area (Å²) in [5.74, 6) is -0.219. The van der Waals surface area contributed by atoms with E-state index in [4.69, 9.17) is 27.9 Å². The normalized spacial score (nSPS) is 17.0. The molecule has 1 fully saturated rings. The molecule has 0 saturated carbocycles. The number of benzene rings is 2. The maximum absolute atomic E-state index is 12.2. The summed E-state index contributed by atoms with van der Waals surface area (Å²) in [4.78, 5) is 18.4. The molecule has 2 heterocycles. The molecule has 0 aliphatic carbocycles. The Bertz CT molecular complexity index is 973. The smallest absolute Gasteiger partial charge is 0.328 e.